The lowest BCUT2D eigenvalue weighted by Gasteiger charge is -2.11. The third-order valence-electron chi connectivity index (χ3n) is 3.99. The summed E-state index contributed by atoms with van der Waals surface area (Å²) in [5, 5.41) is 10.1. The predicted molar refractivity (Wildman–Crippen MR) is 107 cm³/mol. The van der Waals surface area contributed by atoms with Gasteiger partial charge in [0, 0.05) is 16.3 Å². The van der Waals surface area contributed by atoms with Crippen LogP contribution in [0.2, 0.25) is 5.02 Å². The van der Waals surface area contributed by atoms with Gasteiger partial charge in [-0.3, -0.25) is 4.57 Å². The molecule has 0 radical (unpaired) electrons. The number of hydrogen-bond donors (Lipinski definition) is 0. The molecule has 2 aromatic heterocycles. The highest BCUT2D eigenvalue weighted by atomic mass is 35.5. The second-order valence-corrected chi connectivity index (χ2v) is 7.08. The van der Waals surface area contributed by atoms with Crippen LogP contribution >= 0.6 is 23.4 Å². The second kappa shape index (κ2) is 7.90. The fourth-order valence-electron chi connectivity index (χ4n) is 2.74. The van der Waals surface area contributed by atoms with Gasteiger partial charge < -0.3 is 9.15 Å². The first-order valence-corrected chi connectivity index (χ1v) is 9.62. The summed E-state index contributed by atoms with van der Waals surface area (Å²) in [7, 11) is 1.67. The van der Waals surface area contributed by atoms with Crippen LogP contribution in [0.5, 0.6) is 5.75 Å². The van der Waals surface area contributed by atoms with Gasteiger partial charge in [0.1, 0.15) is 5.75 Å². The Morgan fingerprint density at radius 3 is 2.74 bits per heavy atom. The third kappa shape index (κ3) is 3.72. The van der Waals surface area contributed by atoms with Crippen LogP contribution in [-0.4, -0.2) is 21.9 Å². The molecular weight excluding hydrogens is 382 g/mol. The van der Waals surface area contributed by atoms with Gasteiger partial charge in [-0.2, -0.15) is 0 Å². The monoisotopic (exact) mass is 397 g/mol. The summed E-state index contributed by atoms with van der Waals surface area (Å²) < 4.78 is 12.9. The molecule has 0 spiro atoms. The zero-order valence-corrected chi connectivity index (χ0v) is 16.1. The highest BCUT2D eigenvalue weighted by Gasteiger charge is 2.18. The minimum Gasteiger partial charge on any atom is -0.496 e. The van der Waals surface area contributed by atoms with E-state index in [1.807, 2.05) is 65.2 Å². The van der Waals surface area contributed by atoms with E-state index in [1.165, 1.54) is 0 Å². The summed E-state index contributed by atoms with van der Waals surface area (Å²) in [4.78, 5) is 0. The number of ether oxygens (including phenoxy) is 1. The van der Waals surface area contributed by atoms with E-state index in [0.29, 0.717) is 22.4 Å². The molecule has 0 bridgehead atoms. The zero-order chi connectivity index (χ0) is 18.6. The Balaban J connectivity index is 1.72. The minimum atomic E-state index is 0.629. The van der Waals surface area contributed by atoms with Gasteiger partial charge in [0.15, 0.2) is 10.9 Å². The van der Waals surface area contributed by atoms with Crippen molar-refractivity contribution in [2.45, 2.75) is 10.9 Å². The molecule has 0 fully saturated rings. The van der Waals surface area contributed by atoms with E-state index in [1.54, 1.807) is 25.1 Å². The van der Waals surface area contributed by atoms with Crippen molar-refractivity contribution in [2.75, 3.05) is 7.11 Å². The lowest BCUT2D eigenvalue weighted by atomic mass is 10.2. The van der Waals surface area contributed by atoms with Crippen molar-refractivity contribution in [3.05, 3.63) is 77.5 Å². The van der Waals surface area contributed by atoms with Crippen LogP contribution in [0.1, 0.15) is 5.56 Å². The molecule has 0 saturated heterocycles. The molecule has 5 nitrogen and oxygen atoms in total. The van der Waals surface area contributed by atoms with Gasteiger partial charge >= 0.3 is 0 Å². The number of nitrogens with zero attached hydrogens (tertiary/aromatic N) is 3. The minimum absolute atomic E-state index is 0.629. The topological polar surface area (TPSA) is 53.1 Å². The largest absolute Gasteiger partial charge is 0.496 e. The molecule has 0 saturated carbocycles. The molecule has 4 aromatic rings. The highest BCUT2D eigenvalue weighted by molar-refractivity contribution is 7.98. The predicted octanol–water partition coefficient (Wildman–Crippen LogP) is 5.48. The van der Waals surface area contributed by atoms with E-state index in [4.69, 9.17) is 20.8 Å². The Morgan fingerprint density at radius 1 is 1.07 bits per heavy atom. The Bertz CT molecular complexity index is 1050. The molecule has 0 atom stereocenters. The summed E-state index contributed by atoms with van der Waals surface area (Å²) in [5.41, 5.74) is 1.96. The molecule has 0 aliphatic heterocycles. The normalized spacial score (nSPS) is 10.9. The molecular formula is C20H16ClN3O2S. The maximum absolute atomic E-state index is 6.20. The van der Waals surface area contributed by atoms with Gasteiger partial charge in [-0.15, -0.1) is 10.2 Å². The van der Waals surface area contributed by atoms with Crippen LogP contribution in [0.4, 0.5) is 0 Å². The van der Waals surface area contributed by atoms with Crippen LogP contribution in [0.15, 0.2) is 76.5 Å². The quantitative estimate of drug-likeness (QED) is 0.403. The van der Waals surface area contributed by atoms with E-state index in [2.05, 4.69) is 10.2 Å². The van der Waals surface area contributed by atoms with Crippen LogP contribution < -0.4 is 4.74 Å². The number of halogens is 1. The molecule has 7 heteroatoms. The Kier molecular flexibility index (Phi) is 5.18. The molecule has 0 aliphatic rings. The van der Waals surface area contributed by atoms with Crippen LogP contribution in [0.3, 0.4) is 0 Å². The number of thioether (sulfide) groups is 1. The molecule has 136 valence electrons. The zero-order valence-electron chi connectivity index (χ0n) is 14.5. The van der Waals surface area contributed by atoms with Gasteiger partial charge in [-0.05, 0) is 36.4 Å². The average molecular weight is 398 g/mol. The lowest BCUT2D eigenvalue weighted by Crippen LogP contribution is -1.99. The number of aromatic nitrogens is 3. The fraction of sp³-hybridized carbons (Fsp3) is 0.100. The van der Waals surface area contributed by atoms with Gasteiger partial charge in [0.25, 0.3) is 0 Å². The Morgan fingerprint density at radius 2 is 1.96 bits per heavy atom. The summed E-state index contributed by atoms with van der Waals surface area (Å²) in [6.45, 7) is 0. The van der Waals surface area contributed by atoms with Gasteiger partial charge in [0.05, 0.1) is 19.1 Å². The molecule has 2 heterocycles. The van der Waals surface area contributed by atoms with Crippen molar-refractivity contribution < 1.29 is 9.15 Å². The van der Waals surface area contributed by atoms with Crippen molar-refractivity contribution in [1.29, 1.82) is 0 Å². The fourth-order valence-corrected chi connectivity index (χ4v) is 3.87. The van der Waals surface area contributed by atoms with Crippen LogP contribution in [0, 0.1) is 0 Å². The van der Waals surface area contributed by atoms with E-state index in [0.717, 1.165) is 22.2 Å². The molecule has 27 heavy (non-hydrogen) atoms. The molecule has 0 N–H and O–H groups in total. The van der Waals surface area contributed by atoms with Crippen LogP contribution in [-0.2, 0) is 5.75 Å². The first kappa shape index (κ1) is 17.7. The van der Waals surface area contributed by atoms with Crippen molar-refractivity contribution >= 4 is 23.4 Å². The van der Waals surface area contributed by atoms with Gasteiger partial charge in [-0.1, -0.05) is 47.6 Å². The summed E-state index contributed by atoms with van der Waals surface area (Å²) in [5.74, 6) is 2.82. The number of hydrogen-bond acceptors (Lipinski definition) is 5. The van der Waals surface area contributed by atoms with Gasteiger partial charge in [0.2, 0.25) is 5.82 Å². The summed E-state index contributed by atoms with van der Waals surface area (Å²) in [6, 6.07) is 19.2. The Hall–Kier alpha value is -2.70. The standard InChI is InChI=1S/C20H16ClN3O2S/c1-25-17-9-3-2-6-14(17)13-27-20-23-22-19(18-10-5-11-26-18)24(20)16-8-4-7-15(21)12-16/h2-12H,13H2,1H3. The number of methoxy groups -OCH3 is 1. The van der Waals surface area contributed by atoms with Crippen molar-refractivity contribution in [2.24, 2.45) is 0 Å². The van der Waals surface area contributed by atoms with Crippen LogP contribution in [0.25, 0.3) is 17.3 Å². The summed E-state index contributed by atoms with van der Waals surface area (Å²) >= 11 is 7.78. The molecule has 0 aliphatic carbocycles. The lowest BCUT2D eigenvalue weighted by molar-refractivity contribution is 0.411. The molecule has 0 unspecified atom stereocenters. The molecule has 0 amide bonds. The van der Waals surface area contributed by atoms with E-state index in [-0.39, 0.29) is 0 Å². The highest BCUT2D eigenvalue weighted by Crippen LogP contribution is 2.32. The van der Waals surface area contributed by atoms with E-state index >= 15 is 0 Å². The SMILES string of the molecule is COc1ccccc1CSc1nnc(-c2ccco2)n1-c1cccc(Cl)c1. The first-order valence-electron chi connectivity index (χ1n) is 8.26. The number of furan rings is 1. The summed E-state index contributed by atoms with van der Waals surface area (Å²) in [6.07, 6.45) is 1.62. The molecule has 4 rings (SSSR count). The second-order valence-electron chi connectivity index (χ2n) is 5.70. The van der Waals surface area contributed by atoms with Crippen molar-refractivity contribution in [1.82, 2.24) is 14.8 Å². The van der Waals surface area contributed by atoms with E-state index in [9.17, 15) is 0 Å². The number of para-hydroxylation sites is 1. The van der Waals surface area contributed by atoms with Crippen molar-refractivity contribution in [3.63, 3.8) is 0 Å². The maximum atomic E-state index is 6.20. The smallest absolute Gasteiger partial charge is 0.205 e. The number of rotatable bonds is 6. The molecule has 2 aromatic carbocycles. The first-order chi connectivity index (χ1) is 13.3. The van der Waals surface area contributed by atoms with E-state index < -0.39 is 0 Å². The van der Waals surface area contributed by atoms with Gasteiger partial charge in [-0.25, -0.2) is 0 Å². The van der Waals surface area contributed by atoms with Crippen molar-refractivity contribution in [3.8, 4) is 23.0 Å². The number of benzene rings is 2. The Labute approximate surface area is 165 Å². The third-order valence-corrected chi connectivity index (χ3v) is 5.20. The average Bonchev–Trinajstić information content (AvgIpc) is 3.36. The maximum Gasteiger partial charge on any atom is 0.205 e.